The van der Waals surface area contributed by atoms with Gasteiger partial charge in [0.1, 0.15) is 17.3 Å². The summed E-state index contributed by atoms with van der Waals surface area (Å²) in [6, 6.07) is 20.7. The molecular weight excluding hydrogens is 493 g/mol. The number of rotatable bonds is 6. The van der Waals surface area contributed by atoms with Crippen LogP contribution in [-0.2, 0) is 4.79 Å². The summed E-state index contributed by atoms with van der Waals surface area (Å²) in [6.45, 7) is 0. The first-order valence-electron chi connectivity index (χ1n) is 12.8. The number of nitrogens with zero attached hydrogens (tertiary/aromatic N) is 2. The predicted molar refractivity (Wildman–Crippen MR) is 150 cm³/mol. The van der Waals surface area contributed by atoms with Gasteiger partial charge in [0.15, 0.2) is 0 Å². The first kappa shape index (κ1) is 23.2. The summed E-state index contributed by atoms with van der Waals surface area (Å²) in [5.74, 6) is 0.289. The fraction of sp³-hybridized carbons (Fsp3) is 0.129. The summed E-state index contributed by atoms with van der Waals surface area (Å²) in [4.78, 5) is 20.1. The number of H-pyrrole nitrogens is 2. The average molecular weight is 518 g/mol. The molecule has 3 aromatic heterocycles. The predicted octanol–water partition coefficient (Wildman–Crippen LogP) is 6.94. The molecule has 1 aliphatic rings. The number of amides is 1. The monoisotopic (exact) mass is 517 g/mol. The van der Waals surface area contributed by atoms with E-state index >= 15 is 0 Å². The number of fused-ring (bicyclic) bond motifs is 2. The lowest BCUT2D eigenvalue weighted by molar-refractivity contribution is -0.117. The van der Waals surface area contributed by atoms with Gasteiger partial charge in [-0.1, -0.05) is 18.2 Å². The van der Waals surface area contributed by atoms with Crippen LogP contribution in [0.15, 0.2) is 79.1 Å². The maximum atomic E-state index is 14.3. The number of anilines is 1. The highest BCUT2D eigenvalue weighted by Crippen LogP contribution is 2.37. The van der Waals surface area contributed by atoms with Gasteiger partial charge in [-0.05, 0) is 72.0 Å². The van der Waals surface area contributed by atoms with E-state index in [4.69, 9.17) is 4.74 Å². The molecule has 3 heterocycles. The molecule has 0 atom stereocenters. The van der Waals surface area contributed by atoms with Gasteiger partial charge in [-0.2, -0.15) is 5.10 Å². The molecule has 39 heavy (non-hydrogen) atoms. The van der Waals surface area contributed by atoms with Crippen molar-refractivity contribution in [1.82, 2.24) is 20.2 Å². The van der Waals surface area contributed by atoms with E-state index in [0.717, 1.165) is 68.3 Å². The average Bonchev–Trinajstić information content (AvgIpc) is 3.58. The molecule has 7 nitrogen and oxygen atoms in total. The van der Waals surface area contributed by atoms with Crippen molar-refractivity contribution >= 4 is 33.4 Å². The Hall–Kier alpha value is -4.98. The number of halogens is 1. The first-order chi connectivity index (χ1) is 19.1. The van der Waals surface area contributed by atoms with Crippen LogP contribution in [0.25, 0.3) is 55.4 Å². The van der Waals surface area contributed by atoms with Crippen LogP contribution >= 0.6 is 0 Å². The summed E-state index contributed by atoms with van der Waals surface area (Å²) in [6.07, 6.45) is 5.35. The molecular formula is C31H24FN5O2. The third-order valence-corrected chi connectivity index (χ3v) is 7.19. The Bertz CT molecular complexity index is 1890. The number of ether oxygens (including phenoxy) is 1. The second kappa shape index (κ2) is 9.09. The van der Waals surface area contributed by atoms with Gasteiger partial charge in [0, 0.05) is 40.0 Å². The number of pyridine rings is 1. The highest BCUT2D eigenvalue weighted by atomic mass is 19.1. The summed E-state index contributed by atoms with van der Waals surface area (Å²) in [5, 5.41) is 12.6. The number of hydrogen-bond acceptors (Lipinski definition) is 4. The number of benzene rings is 3. The first-order valence-corrected chi connectivity index (χ1v) is 12.8. The highest BCUT2D eigenvalue weighted by molar-refractivity contribution is 6.02. The molecule has 8 heteroatoms. The van der Waals surface area contributed by atoms with Crippen LogP contribution in [0.2, 0.25) is 0 Å². The van der Waals surface area contributed by atoms with Crippen LogP contribution in [0.5, 0.6) is 5.75 Å². The minimum absolute atomic E-state index is 0.0522. The maximum absolute atomic E-state index is 14.3. The van der Waals surface area contributed by atoms with Crippen molar-refractivity contribution < 1.29 is 13.9 Å². The second-order valence-corrected chi connectivity index (χ2v) is 9.89. The smallest absolute Gasteiger partial charge is 0.227 e. The van der Waals surface area contributed by atoms with Crippen molar-refractivity contribution in [1.29, 1.82) is 0 Å². The SMILES string of the molecule is COc1cc(F)cc(-c2cccc3[nH]c(-c4n[nH]c5ccc(-c6cncc(NC(=O)C7CC7)c6)cc45)cc23)c1. The molecule has 0 aliphatic heterocycles. The Morgan fingerprint density at radius 1 is 0.949 bits per heavy atom. The molecule has 0 radical (unpaired) electrons. The topological polar surface area (TPSA) is 95.7 Å². The number of aromatic amines is 2. The van der Waals surface area contributed by atoms with E-state index in [2.05, 4.69) is 31.5 Å². The second-order valence-electron chi connectivity index (χ2n) is 9.89. The molecule has 6 aromatic rings. The molecule has 1 amide bonds. The van der Waals surface area contributed by atoms with Gasteiger partial charge in [0.05, 0.1) is 30.2 Å². The Labute approximate surface area is 223 Å². The number of nitrogens with one attached hydrogen (secondary N) is 3. The van der Waals surface area contributed by atoms with Crippen LogP contribution in [0.4, 0.5) is 10.1 Å². The molecule has 1 saturated carbocycles. The third kappa shape index (κ3) is 4.29. The van der Waals surface area contributed by atoms with Crippen molar-refractivity contribution in [2.75, 3.05) is 12.4 Å². The Kier molecular flexibility index (Phi) is 5.40. The van der Waals surface area contributed by atoms with E-state index in [1.165, 1.54) is 19.2 Å². The molecule has 0 spiro atoms. The lowest BCUT2D eigenvalue weighted by Gasteiger charge is -2.07. The third-order valence-electron chi connectivity index (χ3n) is 7.19. The van der Waals surface area contributed by atoms with Gasteiger partial charge in [-0.3, -0.25) is 14.9 Å². The summed E-state index contributed by atoms with van der Waals surface area (Å²) in [5.41, 5.74) is 7.61. The normalized spacial score (nSPS) is 13.2. The van der Waals surface area contributed by atoms with Crippen molar-refractivity contribution in [3.8, 4) is 39.4 Å². The van der Waals surface area contributed by atoms with Gasteiger partial charge < -0.3 is 15.0 Å². The van der Waals surface area contributed by atoms with Crippen LogP contribution in [-0.4, -0.2) is 33.2 Å². The lowest BCUT2D eigenvalue weighted by atomic mass is 10.0. The summed E-state index contributed by atoms with van der Waals surface area (Å²) in [7, 11) is 1.53. The zero-order valence-electron chi connectivity index (χ0n) is 21.1. The Morgan fingerprint density at radius 2 is 1.85 bits per heavy atom. The molecule has 0 saturated heterocycles. The summed E-state index contributed by atoms with van der Waals surface area (Å²) < 4.78 is 19.6. The van der Waals surface area contributed by atoms with Gasteiger partial charge in [-0.25, -0.2) is 4.39 Å². The number of carbonyl (C=O) groups is 1. The molecule has 1 aliphatic carbocycles. The van der Waals surface area contributed by atoms with Gasteiger partial charge in [0.25, 0.3) is 0 Å². The van der Waals surface area contributed by atoms with Crippen LogP contribution in [0, 0.1) is 11.7 Å². The fourth-order valence-electron chi connectivity index (χ4n) is 5.03. The minimum atomic E-state index is -0.353. The minimum Gasteiger partial charge on any atom is -0.497 e. The largest absolute Gasteiger partial charge is 0.497 e. The van der Waals surface area contributed by atoms with Crippen molar-refractivity contribution in [2.24, 2.45) is 5.92 Å². The Balaban J connectivity index is 1.28. The van der Waals surface area contributed by atoms with Crippen LogP contribution < -0.4 is 10.1 Å². The number of carbonyl (C=O) groups excluding carboxylic acids is 1. The number of aromatic nitrogens is 4. The number of methoxy groups -OCH3 is 1. The lowest BCUT2D eigenvalue weighted by Crippen LogP contribution is -2.13. The Morgan fingerprint density at radius 3 is 2.69 bits per heavy atom. The van der Waals surface area contributed by atoms with Crippen LogP contribution in [0.1, 0.15) is 12.8 Å². The fourth-order valence-corrected chi connectivity index (χ4v) is 5.03. The van der Waals surface area contributed by atoms with E-state index in [9.17, 15) is 9.18 Å². The molecule has 3 N–H and O–H groups in total. The van der Waals surface area contributed by atoms with Crippen molar-refractivity contribution in [2.45, 2.75) is 12.8 Å². The summed E-state index contributed by atoms with van der Waals surface area (Å²) >= 11 is 0. The van der Waals surface area contributed by atoms with E-state index < -0.39 is 0 Å². The van der Waals surface area contributed by atoms with Gasteiger partial charge in [-0.15, -0.1) is 0 Å². The quantitative estimate of drug-likeness (QED) is 0.223. The van der Waals surface area contributed by atoms with E-state index in [-0.39, 0.29) is 17.6 Å². The van der Waals surface area contributed by atoms with Crippen molar-refractivity contribution in [3.63, 3.8) is 0 Å². The molecule has 3 aromatic carbocycles. The zero-order valence-corrected chi connectivity index (χ0v) is 21.1. The van der Waals surface area contributed by atoms with Gasteiger partial charge in [0.2, 0.25) is 5.91 Å². The van der Waals surface area contributed by atoms with Crippen LogP contribution in [0.3, 0.4) is 0 Å². The van der Waals surface area contributed by atoms with E-state index in [1.807, 2.05) is 48.5 Å². The zero-order chi connectivity index (χ0) is 26.5. The standard InChI is InChI=1S/C31H24FN5O2/c1-39-23-11-19(9-21(32)13-23)24-3-2-4-27-25(24)14-29(35-27)30-26-12-18(7-8-28(26)36-37-30)20-10-22(16-33-15-20)34-31(38)17-5-6-17/h2-4,7-17,35H,5-6H2,1H3,(H,34,38)(H,36,37). The van der Waals surface area contributed by atoms with E-state index in [0.29, 0.717) is 11.4 Å². The molecule has 7 rings (SSSR count). The van der Waals surface area contributed by atoms with E-state index in [1.54, 1.807) is 12.4 Å². The highest BCUT2D eigenvalue weighted by Gasteiger charge is 2.29. The molecule has 0 bridgehead atoms. The van der Waals surface area contributed by atoms with Crippen molar-refractivity contribution in [3.05, 3.63) is 84.9 Å². The molecule has 1 fully saturated rings. The maximum Gasteiger partial charge on any atom is 0.227 e. The number of hydrogen-bond donors (Lipinski definition) is 3. The molecule has 192 valence electrons. The molecule has 0 unspecified atom stereocenters. The van der Waals surface area contributed by atoms with Gasteiger partial charge >= 0.3 is 0 Å².